The second-order valence-electron chi connectivity index (χ2n) is 6.80. The van der Waals surface area contributed by atoms with Gasteiger partial charge in [0.2, 0.25) is 5.91 Å². The molecular formula is C18H27ClN2O. The molecule has 2 saturated heterocycles. The molecule has 2 unspecified atom stereocenters. The molecule has 4 heteroatoms. The molecule has 1 aromatic carbocycles. The predicted octanol–water partition coefficient (Wildman–Crippen LogP) is 3.06. The van der Waals surface area contributed by atoms with Crippen molar-refractivity contribution in [3.63, 3.8) is 0 Å². The molecule has 1 amide bonds. The van der Waals surface area contributed by atoms with Crippen LogP contribution < -0.4 is 10.6 Å². The van der Waals surface area contributed by atoms with Crippen LogP contribution in [0.4, 0.5) is 0 Å². The number of halogens is 1. The van der Waals surface area contributed by atoms with Crippen molar-refractivity contribution in [2.45, 2.75) is 70.5 Å². The van der Waals surface area contributed by atoms with E-state index in [0.29, 0.717) is 24.5 Å². The lowest BCUT2D eigenvalue weighted by Gasteiger charge is -2.29. The first-order chi connectivity index (χ1) is 10.1. The minimum atomic E-state index is 0. The topological polar surface area (TPSA) is 41.1 Å². The van der Waals surface area contributed by atoms with Gasteiger partial charge in [-0.25, -0.2) is 0 Å². The van der Waals surface area contributed by atoms with E-state index >= 15 is 0 Å². The zero-order valence-corrected chi connectivity index (χ0v) is 14.3. The molecule has 122 valence electrons. The lowest BCUT2D eigenvalue weighted by Crippen LogP contribution is -2.48. The highest BCUT2D eigenvalue weighted by molar-refractivity contribution is 5.85. The van der Waals surface area contributed by atoms with Gasteiger partial charge < -0.3 is 10.6 Å². The molecule has 2 atom stereocenters. The average Bonchev–Trinajstić information content (AvgIpc) is 2.77. The Hall–Kier alpha value is -1.06. The van der Waals surface area contributed by atoms with Crippen LogP contribution in [0, 0.1) is 13.8 Å². The third-order valence-corrected chi connectivity index (χ3v) is 4.96. The summed E-state index contributed by atoms with van der Waals surface area (Å²) in [5.41, 5.74) is 3.87. The Balaban J connectivity index is 0.00000176. The maximum atomic E-state index is 12.2. The summed E-state index contributed by atoms with van der Waals surface area (Å²) in [6, 6.07) is 8.13. The maximum Gasteiger partial charge on any atom is 0.220 e. The second kappa shape index (κ2) is 7.47. The highest BCUT2D eigenvalue weighted by atomic mass is 35.5. The summed E-state index contributed by atoms with van der Waals surface area (Å²) in [5.74, 6) is 0.210. The van der Waals surface area contributed by atoms with E-state index in [-0.39, 0.29) is 18.3 Å². The molecule has 2 heterocycles. The summed E-state index contributed by atoms with van der Waals surface area (Å²) in [5, 5.41) is 6.85. The molecule has 1 aromatic rings. The van der Waals surface area contributed by atoms with Gasteiger partial charge in [-0.05, 0) is 57.1 Å². The second-order valence-corrected chi connectivity index (χ2v) is 6.80. The van der Waals surface area contributed by atoms with Crippen LogP contribution in [-0.4, -0.2) is 24.0 Å². The van der Waals surface area contributed by atoms with Gasteiger partial charge in [-0.2, -0.15) is 0 Å². The van der Waals surface area contributed by atoms with Crippen molar-refractivity contribution in [2.75, 3.05) is 0 Å². The largest absolute Gasteiger partial charge is 0.353 e. The zero-order valence-electron chi connectivity index (χ0n) is 13.5. The van der Waals surface area contributed by atoms with Crippen LogP contribution in [0.2, 0.25) is 0 Å². The van der Waals surface area contributed by atoms with Crippen molar-refractivity contribution >= 4 is 18.3 Å². The fraction of sp³-hybridized carbons (Fsp3) is 0.611. The van der Waals surface area contributed by atoms with E-state index < -0.39 is 0 Å². The molecule has 0 radical (unpaired) electrons. The van der Waals surface area contributed by atoms with E-state index in [9.17, 15) is 4.79 Å². The highest BCUT2D eigenvalue weighted by Gasteiger charge is 2.33. The Kier molecular flexibility index (Phi) is 5.87. The summed E-state index contributed by atoms with van der Waals surface area (Å²) in [4.78, 5) is 12.2. The summed E-state index contributed by atoms with van der Waals surface area (Å²) in [6.07, 6.45) is 6.20. The van der Waals surface area contributed by atoms with Crippen LogP contribution >= 0.6 is 12.4 Å². The highest BCUT2D eigenvalue weighted by Crippen LogP contribution is 2.26. The van der Waals surface area contributed by atoms with Gasteiger partial charge in [0.05, 0.1) is 0 Å². The fourth-order valence-electron chi connectivity index (χ4n) is 3.85. The van der Waals surface area contributed by atoms with Crippen molar-refractivity contribution < 1.29 is 4.79 Å². The van der Waals surface area contributed by atoms with Crippen LogP contribution in [0.1, 0.15) is 48.8 Å². The van der Waals surface area contributed by atoms with Gasteiger partial charge >= 0.3 is 0 Å². The predicted molar refractivity (Wildman–Crippen MR) is 92.6 cm³/mol. The smallest absolute Gasteiger partial charge is 0.220 e. The van der Waals surface area contributed by atoms with E-state index in [1.807, 2.05) is 0 Å². The molecule has 2 N–H and O–H groups in total. The van der Waals surface area contributed by atoms with Crippen LogP contribution in [0.25, 0.3) is 0 Å². The number of piperidine rings is 1. The number of aryl methyl sites for hydroxylation is 3. The molecule has 2 fully saturated rings. The van der Waals surface area contributed by atoms with E-state index in [1.165, 1.54) is 29.5 Å². The quantitative estimate of drug-likeness (QED) is 0.894. The molecular weight excluding hydrogens is 296 g/mol. The minimum absolute atomic E-state index is 0. The number of hydrogen-bond acceptors (Lipinski definition) is 2. The van der Waals surface area contributed by atoms with E-state index in [0.717, 1.165) is 19.3 Å². The molecule has 0 saturated carbocycles. The Morgan fingerprint density at radius 2 is 1.91 bits per heavy atom. The van der Waals surface area contributed by atoms with Crippen LogP contribution in [0.15, 0.2) is 18.2 Å². The Bertz CT molecular complexity index is 520. The number of rotatable bonds is 4. The monoisotopic (exact) mass is 322 g/mol. The molecule has 2 aliphatic heterocycles. The van der Waals surface area contributed by atoms with Crippen molar-refractivity contribution in [2.24, 2.45) is 0 Å². The number of carbonyl (C=O) groups excluding carboxylic acids is 1. The standard InChI is InChI=1S/C18H26N2O.ClH/c1-12-3-4-14(13(2)9-12)5-8-18(21)20-17-10-15-6-7-16(11-17)19-15;/h3-4,9,15-17,19H,5-8,10-11H2,1-2H3,(H,20,21);1H. The van der Waals surface area contributed by atoms with Gasteiger partial charge in [0.25, 0.3) is 0 Å². The van der Waals surface area contributed by atoms with E-state index in [4.69, 9.17) is 0 Å². The zero-order chi connectivity index (χ0) is 14.8. The third-order valence-electron chi connectivity index (χ3n) is 4.96. The van der Waals surface area contributed by atoms with Crippen LogP contribution in [-0.2, 0) is 11.2 Å². The molecule has 3 nitrogen and oxygen atoms in total. The number of amides is 1. The Labute approximate surface area is 139 Å². The first-order valence-electron chi connectivity index (χ1n) is 8.21. The van der Waals surface area contributed by atoms with Gasteiger partial charge in [-0.1, -0.05) is 23.8 Å². The Morgan fingerprint density at radius 3 is 2.55 bits per heavy atom. The molecule has 0 aliphatic carbocycles. The van der Waals surface area contributed by atoms with Crippen molar-refractivity contribution in [1.82, 2.24) is 10.6 Å². The number of benzene rings is 1. The summed E-state index contributed by atoms with van der Waals surface area (Å²) < 4.78 is 0. The van der Waals surface area contributed by atoms with Gasteiger partial charge in [0.1, 0.15) is 0 Å². The van der Waals surface area contributed by atoms with Gasteiger partial charge in [-0.3, -0.25) is 4.79 Å². The summed E-state index contributed by atoms with van der Waals surface area (Å²) in [7, 11) is 0. The molecule has 2 bridgehead atoms. The van der Waals surface area contributed by atoms with Gasteiger partial charge in [-0.15, -0.1) is 12.4 Å². The van der Waals surface area contributed by atoms with Gasteiger partial charge in [0.15, 0.2) is 0 Å². The Morgan fingerprint density at radius 1 is 1.23 bits per heavy atom. The first-order valence-corrected chi connectivity index (χ1v) is 8.21. The molecule has 3 rings (SSSR count). The maximum absolute atomic E-state index is 12.2. The molecule has 2 aliphatic rings. The minimum Gasteiger partial charge on any atom is -0.353 e. The molecule has 22 heavy (non-hydrogen) atoms. The van der Waals surface area contributed by atoms with E-state index in [2.05, 4.69) is 42.7 Å². The third kappa shape index (κ3) is 4.23. The normalized spacial score (nSPS) is 26.4. The number of nitrogens with one attached hydrogen (secondary N) is 2. The number of hydrogen-bond donors (Lipinski definition) is 2. The van der Waals surface area contributed by atoms with Crippen molar-refractivity contribution in [3.8, 4) is 0 Å². The lowest BCUT2D eigenvalue weighted by atomic mass is 9.98. The summed E-state index contributed by atoms with van der Waals surface area (Å²) >= 11 is 0. The SMILES string of the molecule is Cc1ccc(CCC(=O)NC2CC3CCC(C2)N3)c(C)c1.Cl. The van der Waals surface area contributed by atoms with Crippen molar-refractivity contribution in [3.05, 3.63) is 34.9 Å². The molecule has 0 aromatic heterocycles. The van der Waals surface area contributed by atoms with Crippen molar-refractivity contribution in [1.29, 1.82) is 0 Å². The van der Waals surface area contributed by atoms with Gasteiger partial charge in [0, 0.05) is 24.5 Å². The van der Waals surface area contributed by atoms with Crippen LogP contribution in [0.5, 0.6) is 0 Å². The number of fused-ring (bicyclic) bond motifs is 2. The first kappa shape index (κ1) is 17.3. The lowest BCUT2D eigenvalue weighted by molar-refractivity contribution is -0.122. The average molecular weight is 323 g/mol. The fourth-order valence-corrected chi connectivity index (χ4v) is 3.85. The molecule has 0 spiro atoms. The van der Waals surface area contributed by atoms with Crippen LogP contribution in [0.3, 0.4) is 0 Å². The number of carbonyl (C=O) groups is 1. The van der Waals surface area contributed by atoms with E-state index in [1.54, 1.807) is 0 Å². The summed E-state index contributed by atoms with van der Waals surface area (Å²) in [6.45, 7) is 4.24.